The van der Waals surface area contributed by atoms with Crippen LogP contribution in [0.15, 0.2) is 24.4 Å². The lowest BCUT2D eigenvalue weighted by molar-refractivity contribution is -0.0627. The number of likely N-dealkylation sites (tertiary alicyclic amines) is 1. The number of ether oxygens (including phenoxy) is 2. The van der Waals surface area contributed by atoms with Gasteiger partial charge in [0.2, 0.25) is 0 Å². The summed E-state index contributed by atoms with van der Waals surface area (Å²) in [6.07, 6.45) is 2.50. The van der Waals surface area contributed by atoms with E-state index >= 15 is 0 Å². The number of aryl methyl sites for hydroxylation is 1. The minimum Gasteiger partial charge on any atom is -0.497 e. The molecule has 0 unspecified atom stereocenters. The number of aromatic nitrogens is 4. The fourth-order valence-electron chi connectivity index (χ4n) is 4.48. The fraction of sp³-hybridized carbons (Fsp3) is 0.450. The molecule has 2 aliphatic heterocycles. The van der Waals surface area contributed by atoms with Crippen LogP contribution in [0.1, 0.15) is 34.2 Å². The first kappa shape index (κ1) is 17.2. The van der Waals surface area contributed by atoms with Gasteiger partial charge in [-0.05, 0) is 31.5 Å². The first-order valence-electron chi connectivity index (χ1n) is 9.51. The maximum atomic E-state index is 13.5. The van der Waals surface area contributed by atoms with Gasteiger partial charge in [-0.15, -0.1) is 5.10 Å². The molecule has 1 amide bonds. The molecular weight excluding hydrogens is 358 g/mol. The third-order valence-electron chi connectivity index (χ3n) is 6.13. The summed E-state index contributed by atoms with van der Waals surface area (Å²) in [6, 6.07) is 6.01. The van der Waals surface area contributed by atoms with Crippen LogP contribution in [0, 0.1) is 6.92 Å². The molecule has 0 N–H and O–H groups in total. The minimum atomic E-state index is -0.0586. The molecule has 0 bridgehead atoms. The highest BCUT2D eigenvalue weighted by Gasteiger charge is 2.38. The summed E-state index contributed by atoms with van der Waals surface area (Å²) in [5.41, 5.74) is 3.72. The molecule has 0 saturated carbocycles. The van der Waals surface area contributed by atoms with Crippen molar-refractivity contribution >= 4 is 16.8 Å². The normalized spacial score (nSPS) is 21.5. The Morgan fingerprint density at radius 1 is 1.36 bits per heavy atom. The zero-order chi connectivity index (χ0) is 19.4. The number of hydrogen-bond acceptors (Lipinski definition) is 5. The minimum absolute atomic E-state index is 0.0443. The molecule has 8 nitrogen and oxygen atoms in total. The van der Waals surface area contributed by atoms with Gasteiger partial charge in [-0.3, -0.25) is 4.79 Å². The van der Waals surface area contributed by atoms with Crippen molar-refractivity contribution in [2.45, 2.75) is 32.1 Å². The first-order valence-corrected chi connectivity index (χ1v) is 9.51. The number of fused-ring (bicyclic) bond motifs is 4. The largest absolute Gasteiger partial charge is 0.497 e. The van der Waals surface area contributed by atoms with Gasteiger partial charge in [0, 0.05) is 36.7 Å². The van der Waals surface area contributed by atoms with E-state index < -0.39 is 0 Å². The molecule has 0 spiro atoms. The van der Waals surface area contributed by atoms with Gasteiger partial charge in [0.05, 0.1) is 43.3 Å². The van der Waals surface area contributed by atoms with Crippen LogP contribution in [-0.2, 0) is 18.4 Å². The Morgan fingerprint density at radius 2 is 2.21 bits per heavy atom. The molecule has 2 aliphatic rings. The Bertz CT molecular complexity index is 1070. The Kier molecular flexibility index (Phi) is 3.90. The average molecular weight is 381 g/mol. The standard InChI is InChI=1S/C20H23N5O3/c1-12-19(15-8-14(27-3)4-5-16(15)23(12)2)20(26)24-7-6-17-18(10-24)28-11-13-9-21-22-25(13)17/h4-5,8-9,17-18H,6-7,10-11H2,1-3H3/t17-,18-/m0/s1. The van der Waals surface area contributed by atoms with E-state index in [2.05, 4.69) is 14.9 Å². The van der Waals surface area contributed by atoms with Gasteiger partial charge in [0.25, 0.3) is 5.91 Å². The lowest BCUT2D eigenvalue weighted by Crippen LogP contribution is -2.50. The summed E-state index contributed by atoms with van der Waals surface area (Å²) in [7, 11) is 3.63. The number of methoxy groups -OCH3 is 1. The Balaban J connectivity index is 1.47. The molecule has 2 aromatic heterocycles. The van der Waals surface area contributed by atoms with Crippen molar-refractivity contribution in [3.63, 3.8) is 0 Å². The van der Waals surface area contributed by atoms with Crippen molar-refractivity contribution in [2.75, 3.05) is 20.2 Å². The van der Waals surface area contributed by atoms with Crippen molar-refractivity contribution < 1.29 is 14.3 Å². The molecule has 5 rings (SSSR count). The topological polar surface area (TPSA) is 74.4 Å². The van der Waals surface area contributed by atoms with Gasteiger partial charge in [-0.25, -0.2) is 4.68 Å². The van der Waals surface area contributed by atoms with Crippen molar-refractivity contribution in [3.8, 4) is 5.75 Å². The van der Waals surface area contributed by atoms with E-state index in [1.165, 1.54) is 0 Å². The van der Waals surface area contributed by atoms with Crippen molar-refractivity contribution in [1.29, 1.82) is 0 Å². The lowest BCUT2D eigenvalue weighted by Gasteiger charge is -2.41. The van der Waals surface area contributed by atoms with E-state index in [4.69, 9.17) is 9.47 Å². The third-order valence-corrected chi connectivity index (χ3v) is 6.13. The van der Waals surface area contributed by atoms with Crippen LogP contribution >= 0.6 is 0 Å². The van der Waals surface area contributed by atoms with E-state index in [-0.39, 0.29) is 18.1 Å². The Morgan fingerprint density at radius 3 is 3.04 bits per heavy atom. The second-order valence-electron chi connectivity index (χ2n) is 7.53. The number of rotatable bonds is 2. The number of nitrogens with zero attached hydrogens (tertiary/aromatic N) is 5. The van der Waals surface area contributed by atoms with Gasteiger partial charge in [0.15, 0.2) is 0 Å². The fourth-order valence-corrected chi connectivity index (χ4v) is 4.48. The van der Waals surface area contributed by atoms with Crippen molar-refractivity contribution in [3.05, 3.63) is 41.3 Å². The van der Waals surface area contributed by atoms with Crippen LogP contribution in [0.3, 0.4) is 0 Å². The van der Waals surface area contributed by atoms with Crippen LogP contribution in [0.4, 0.5) is 0 Å². The average Bonchev–Trinajstić information content (AvgIpc) is 3.30. The highest BCUT2D eigenvalue weighted by atomic mass is 16.5. The van der Waals surface area contributed by atoms with Crippen molar-refractivity contribution in [1.82, 2.24) is 24.5 Å². The van der Waals surface area contributed by atoms with E-state index in [9.17, 15) is 4.79 Å². The monoisotopic (exact) mass is 381 g/mol. The number of benzene rings is 1. The van der Waals surface area contributed by atoms with Crippen LogP contribution in [0.5, 0.6) is 5.75 Å². The van der Waals surface area contributed by atoms with E-state index in [1.54, 1.807) is 13.3 Å². The molecule has 3 aromatic rings. The highest BCUT2D eigenvalue weighted by molar-refractivity contribution is 6.08. The van der Waals surface area contributed by atoms with Gasteiger partial charge in [-0.2, -0.15) is 0 Å². The number of hydrogen-bond donors (Lipinski definition) is 0. The summed E-state index contributed by atoms with van der Waals surface area (Å²) in [4.78, 5) is 15.4. The molecule has 0 aliphatic carbocycles. The summed E-state index contributed by atoms with van der Waals surface area (Å²) < 4.78 is 15.4. The molecule has 8 heteroatoms. The molecule has 146 valence electrons. The summed E-state index contributed by atoms with van der Waals surface area (Å²) in [5.74, 6) is 0.794. The summed E-state index contributed by atoms with van der Waals surface area (Å²) >= 11 is 0. The quantitative estimate of drug-likeness (QED) is 0.679. The van der Waals surface area contributed by atoms with Gasteiger partial charge < -0.3 is 18.9 Å². The maximum Gasteiger partial charge on any atom is 0.256 e. The predicted molar refractivity (Wildman–Crippen MR) is 102 cm³/mol. The molecule has 1 aromatic carbocycles. The molecule has 4 heterocycles. The van der Waals surface area contributed by atoms with Crippen LogP contribution in [0.25, 0.3) is 10.9 Å². The second-order valence-corrected chi connectivity index (χ2v) is 7.53. The van der Waals surface area contributed by atoms with Gasteiger partial charge in [0.1, 0.15) is 5.75 Å². The Hall–Kier alpha value is -2.87. The molecule has 1 saturated heterocycles. The third kappa shape index (κ3) is 2.44. The molecule has 28 heavy (non-hydrogen) atoms. The van der Waals surface area contributed by atoms with E-state index in [0.29, 0.717) is 19.7 Å². The molecular formula is C20H23N5O3. The summed E-state index contributed by atoms with van der Waals surface area (Å²) in [5, 5.41) is 9.14. The smallest absolute Gasteiger partial charge is 0.256 e. The maximum absolute atomic E-state index is 13.5. The molecule has 2 atom stereocenters. The number of piperidine rings is 1. The zero-order valence-corrected chi connectivity index (χ0v) is 16.3. The molecule has 0 radical (unpaired) electrons. The van der Waals surface area contributed by atoms with E-state index in [0.717, 1.165) is 40.0 Å². The number of carbonyl (C=O) groups is 1. The van der Waals surface area contributed by atoms with E-state index in [1.807, 2.05) is 41.8 Å². The predicted octanol–water partition coefficient (Wildman–Crippen LogP) is 2.07. The Labute approximate surface area is 162 Å². The SMILES string of the molecule is COc1ccc2c(c1)c(C(=O)N1CC[C@H]3[C@H](C1)OCc1cnnn13)c(C)n2C. The first-order chi connectivity index (χ1) is 13.6. The summed E-state index contributed by atoms with van der Waals surface area (Å²) in [6.45, 7) is 3.71. The van der Waals surface area contributed by atoms with Crippen molar-refractivity contribution in [2.24, 2.45) is 7.05 Å². The lowest BCUT2D eigenvalue weighted by atomic mass is 9.99. The van der Waals surface area contributed by atoms with Crippen LogP contribution in [0.2, 0.25) is 0 Å². The van der Waals surface area contributed by atoms with Gasteiger partial charge in [-0.1, -0.05) is 5.21 Å². The van der Waals surface area contributed by atoms with Crippen LogP contribution in [-0.4, -0.2) is 56.7 Å². The number of amides is 1. The number of carbonyl (C=O) groups excluding carboxylic acids is 1. The zero-order valence-electron chi connectivity index (χ0n) is 16.3. The molecule has 1 fully saturated rings. The van der Waals surface area contributed by atoms with Crippen LogP contribution < -0.4 is 4.74 Å². The van der Waals surface area contributed by atoms with Gasteiger partial charge >= 0.3 is 0 Å². The highest BCUT2D eigenvalue weighted by Crippen LogP contribution is 2.34. The second kappa shape index (κ2) is 6.34.